The third-order valence-corrected chi connectivity index (χ3v) is 4.81. The second-order valence-electron chi connectivity index (χ2n) is 7.34. The highest BCUT2D eigenvalue weighted by atomic mass is 16.6. The van der Waals surface area contributed by atoms with Crippen molar-refractivity contribution in [2.45, 2.75) is 25.3 Å². The molecule has 0 saturated carbocycles. The van der Waals surface area contributed by atoms with E-state index in [4.69, 9.17) is 31.2 Å². The molecule has 12 nitrogen and oxygen atoms in total. The van der Waals surface area contributed by atoms with Crippen molar-refractivity contribution in [2.75, 3.05) is 6.61 Å². The number of hydrogen-bond donors (Lipinski definition) is 5. The number of nitrogens with two attached hydrogens (primary N) is 2. The number of aryl methyl sites for hydroxylation is 1. The van der Waals surface area contributed by atoms with Crippen molar-refractivity contribution in [1.29, 1.82) is 0 Å². The molecule has 0 aromatic heterocycles. The Bertz CT molecular complexity index is 1170. The Morgan fingerprint density at radius 3 is 2.53 bits per heavy atom. The van der Waals surface area contributed by atoms with Gasteiger partial charge in [0.1, 0.15) is 6.04 Å². The van der Waals surface area contributed by atoms with Gasteiger partial charge < -0.3 is 36.5 Å². The summed E-state index contributed by atoms with van der Waals surface area (Å²) >= 11 is 0. The fourth-order valence-corrected chi connectivity index (χ4v) is 3.27. The number of hydrogen-bond acceptors (Lipinski definition) is 7. The molecule has 178 valence electrons. The number of aliphatic carboxylic acids is 2. The molecule has 7 N–H and O–H groups in total. The van der Waals surface area contributed by atoms with Gasteiger partial charge in [0.2, 0.25) is 0 Å². The summed E-state index contributed by atoms with van der Waals surface area (Å²) in [6.07, 6.45) is 0.189. The third kappa shape index (κ3) is 6.00. The first kappa shape index (κ1) is 24.0. The van der Waals surface area contributed by atoms with Crippen LogP contribution in [0, 0.1) is 0 Å². The Labute approximate surface area is 193 Å². The van der Waals surface area contributed by atoms with Crippen molar-refractivity contribution in [3.8, 4) is 11.5 Å². The van der Waals surface area contributed by atoms with Crippen LogP contribution in [0.5, 0.6) is 11.5 Å². The maximum Gasteiger partial charge on any atom is 0.343 e. The van der Waals surface area contributed by atoms with E-state index in [0.29, 0.717) is 29.7 Å². The fraction of sp³-hybridized carbons (Fsp3) is 0.227. The minimum Gasteiger partial charge on any atom is -0.490 e. The molecular weight excluding hydrogens is 448 g/mol. The summed E-state index contributed by atoms with van der Waals surface area (Å²) in [5.41, 5.74) is 12.3. The van der Waals surface area contributed by atoms with Crippen LogP contribution in [-0.2, 0) is 16.0 Å². The van der Waals surface area contributed by atoms with Gasteiger partial charge in [0, 0.05) is 5.56 Å². The minimum atomic E-state index is -1.61. The first-order valence-corrected chi connectivity index (χ1v) is 10.1. The Hall–Kier alpha value is -4.61. The van der Waals surface area contributed by atoms with E-state index >= 15 is 0 Å². The normalized spacial score (nSPS) is 13.7. The maximum atomic E-state index is 12.8. The number of carbonyl (C=O) groups is 4. The number of guanidine groups is 1. The second-order valence-corrected chi connectivity index (χ2v) is 7.34. The van der Waals surface area contributed by atoms with Gasteiger partial charge in [0.25, 0.3) is 5.91 Å². The molecule has 0 fully saturated rings. The number of fused-ring (bicyclic) bond motifs is 2. The van der Waals surface area contributed by atoms with Crippen LogP contribution in [0.15, 0.2) is 41.4 Å². The highest BCUT2D eigenvalue weighted by molar-refractivity contribution is 5.98. The third-order valence-electron chi connectivity index (χ3n) is 4.81. The van der Waals surface area contributed by atoms with Crippen LogP contribution in [-0.4, -0.2) is 52.6 Å². The first-order chi connectivity index (χ1) is 16.1. The molecule has 1 aliphatic rings. The van der Waals surface area contributed by atoms with E-state index in [9.17, 15) is 19.2 Å². The van der Waals surface area contributed by atoms with Gasteiger partial charge in [-0.1, -0.05) is 0 Å². The highest BCUT2D eigenvalue weighted by Crippen LogP contribution is 2.31. The van der Waals surface area contributed by atoms with E-state index in [-0.39, 0.29) is 29.6 Å². The number of benzene rings is 2. The highest BCUT2D eigenvalue weighted by Gasteiger charge is 2.25. The predicted octanol–water partition coefficient (Wildman–Crippen LogP) is 0.793. The summed E-state index contributed by atoms with van der Waals surface area (Å²) in [5, 5.41) is 20.1. The van der Waals surface area contributed by atoms with Crippen molar-refractivity contribution >= 4 is 35.5 Å². The molecule has 1 aliphatic heterocycles. The molecular formula is C22H22N4O8. The molecule has 12 heteroatoms. The van der Waals surface area contributed by atoms with Gasteiger partial charge in [-0.3, -0.25) is 9.59 Å². The van der Waals surface area contributed by atoms with Crippen LogP contribution in [0.1, 0.15) is 39.1 Å². The average Bonchev–Trinajstić information content (AvgIpc) is 2.76. The Kier molecular flexibility index (Phi) is 7.31. The molecule has 1 heterocycles. The number of aliphatic imine (C=N–C) groups is 1. The van der Waals surface area contributed by atoms with Crippen LogP contribution in [0.25, 0.3) is 0 Å². The Morgan fingerprint density at radius 2 is 1.85 bits per heavy atom. The van der Waals surface area contributed by atoms with Crippen LogP contribution in [0.2, 0.25) is 0 Å². The van der Waals surface area contributed by atoms with E-state index in [1.165, 1.54) is 18.2 Å². The standard InChI is InChI=1S/C22H22N4O8/c23-22(24)25-13-4-5-14-11(8-13)2-1-7-33-17-9-12(3-6-16(17)34-21(14)32)19(29)26-15(20(30)31)10-18(27)28/h3-6,8-9,15H,1-2,7,10H2,(H,26,29)(H,27,28)(H,30,31)(H4,23,24,25). The molecule has 1 atom stereocenters. The number of carbonyl (C=O) groups excluding carboxylic acids is 2. The molecule has 1 amide bonds. The fourth-order valence-electron chi connectivity index (χ4n) is 3.27. The van der Waals surface area contributed by atoms with E-state index < -0.39 is 36.3 Å². The van der Waals surface area contributed by atoms with Crippen molar-refractivity contribution in [3.63, 3.8) is 0 Å². The second kappa shape index (κ2) is 10.3. The lowest BCUT2D eigenvalue weighted by atomic mass is 10.0. The smallest absolute Gasteiger partial charge is 0.343 e. The van der Waals surface area contributed by atoms with Crippen LogP contribution in [0.3, 0.4) is 0 Å². The largest absolute Gasteiger partial charge is 0.490 e. The number of esters is 1. The van der Waals surface area contributed by atoms with Gasteiger partial charge in [0.05, 0.1) is 24.3 Å². The molecule has 0 bridgehead atoms. The summed E-state index contributed by atoms with van der Waals surface area (Å²) in [6.45, 7) is 0.221. The average molecular weight is 470 g/mol. The zero-order valence-electron chi connectivity index (χ0n) is 17.8. The zero-order valence-corrected chi connectivity index (χ0v) is 17.8. The number of nitrogens with zero attached hydrogens (tertiary/aromatic N) is 1. The zero-order chi connectivity index (χ0) is 24.8. The van der Waals surface area contributed by atoms with E-state index in [2.05, 4.69) is 10.3 Å². The lowest BCUT2D eigenvalue weighted by Gasteiger charge is -2.17. The number of amides is 1. The Balaban J connectivity index is 1.85. The molecule has 1 unspecified atom stereocenters. The van der Waals surface area contributed by atoms with E-state index in [1.54, 1.807) is 18.2 Å². The van der Waals surface area contributed by atoms with Crippen molar-refractivity contribution < 1.29 is 38.9 Å². The number of ether oxygens (including phenoxy) is 2. The molecule has 34 heavy (non-hydrogen) atoms. The summed E-state index contributed by atoms with van der Waals surface area (Å²) in [6, 6.07) is 7.13. The molecule has 2 aromatic carbocycles. The van der Waals surface area contributed by atoms with E-state index in [1.807, 2.05) is 0 Å². The van der Waals surface area contributed by atoms with Gasteiger partial charge in [-0.05, 0) is 54.8 Å². The van der Waals surface area contributed by atoms with Crippen LogP contribution < -0.4 is 26.3 Å². The van der Waals surface area contributed by atoms with E-state index in [0.717, 1.165) is 0 Å². The Morgan fingerprint density at radius 1 is 1.09 bits per heavy atom. The molecule has 3 rings (SSSR count). The lowest BCUT2D eigenvalue weighted by molar-refractivity contribution is -0.145. The van der Waals surface area contributed by atoms with Crippen LogP contribution >= 0.6 is 0 Å². The van der Waals surface area contributed by atoms with Gasteiger partial charge in [-0.15, -0.1) is 0 Å². The molecule has 2 aromatic rings. The number of carboxylic acid groups (broad SMARTS) is 2. The molecule has 0 spiro atoms. The molecule has 0 radical (unpaired) electrons. The van der Waals surface area contributed by atoms with Gasteiger partial charge in [0.15, 0.2) is 17.5 Å². The first-order valence-electron chi connectivity index (χ1n) is 10.1. The topological polar surface area (TPSA) is 204 Å². The number of nitrogens with one attached hydrogen (secondary N) is 1. The summed E-state index contributed by atoms with van der Waals surface area (Å²) < 4.78 is 11.2. The van der Waals surface area contributed by atoms with Crippen molar-refractivity contribution in [2.24, 2.45) is 16.5 Å². The summed E-state index contributed by atoms with van der Waals surface area (Å²) in [5.74, 6) is -4.28. The SMILES string of the molecule is NC(N)=Nc1ccc2c(c1)CCCOc1cc(C(=O)NC(CC(=O)O)C(=O)O)ccc1OC2=O. The number of carboxylic acids is 2. The summed E-state index contributed by atoms with van der Waals surface area (Å²) in [4.78, 5) is 51.3. The monoisotopic (exact) mass is 470 g/mol. The summed E-state index contributed by atoms with van der Waals surface area (Å²) in [7, 11) is 0. The molecule has 0 saturated heterocycles. The molecule has 0 aliphatic carbocycles. The minimum absolute atomic E-state index is 0.00535. The predicted molar refractivity (Wildman–Crippen MR) is 118 cm³/mol. The lowest BCUT2D eigenvalue weighted by Crippen LogP contribution is -2.42. The van der Waals surface area contributed by atoms with Gasteiger partial charge in [-0.2, -0.15) is 0 Å². The van der Waals surface area contributed by atoms with Gasteiger partial charge in [-0.25, -0.2) is 14.6 Å². The van der Waals surface area contributed by atoms with Crippen molar-refractivity contribution in [1.82, 2.24) is 5.32 Å². The number of rotatable bonds is 6. The van der Waals surface area contributed by atoms with Crippen molar-refractivity contribution in [3.05, 3.63) is 53.1 Å². The van der Waals surface area contributed by atoms with Gasteiger partial charge >= 0.3 is 17.9 Å². The maximum absolute atomic E-state index is 12.8. The van der Waals surface area contributed by atoms with Crippen LogP contribution in [0.4, 0.5) is 5.69 Å². The quantitative estimate of drug-likeness (QED) is 0.174.